The molecule has 0 saturated heterocycles. The summed E-state index contributed by atoms with van der Waals surface area (Å²) in [4.78, 5) is 0. The molecule has 0 spiro atoms. The van der Waals surface area contributed by atoms with E-state index in [4.69, 9.17) is 0 Å². The normalized spacial score (nSPS) is 10.3. The summed E-state index contributed by atoms with van der Waals surface area (Å²) in [5.74, 6) is -0.904. The van der Waals surface area contributed by atoms with Gasteiger partial charge in [0.1, 0.15) is 11.6 Å². The van der Waals surface area contributed by atoms with Crippen LogP contribution in [0.1, 0.15) is 11.1 Å². The Labute approximate surface area is 78.7 Å². The molecule has 0 amide bonds. The summed E-state index contributed by atoms with van der Waals surface area (Å²) in [6, 6.07) is 2.70. The van der Waals surface area contributed by atoms with Gasteiger partial charge in [0.05, 0.1) is 0 Å². The van der Waals surface area contributed by atoms with Gasteiger partial charge in [0.15, 0.2) is 0 Å². The van der Waals surface area contributed by atoms with Gasteiger partial charge in [-0.25, -0.2) is 8.78 Å². The van der Waals surface area contributed by atoms with E-state index in [1.54, 1.807) is 6.92 Å². The first-order chi connectivity index (χ1) is 5.65. The number of hydrogen-bond acceptors (Lipinski definition) is 0. The largest absolute Gasteiger partial charge is 0.207 e. The Bertz CT molecular complexity index is 261. The third-order valence-electron chi connectivity index (χ3n) is 1.63. The molecule has 66 valence electrons. The number of alkyl halides is 1. The van der Waals surface area contributed by atoms with Crippen LogP contribution in [0.15, 0.2) is 12.1 Å². The van der Waals surface area contributed by atoms with Crippen LogP contribution in [0.5, 0.6) is 0 Å². The lowest BCUT2D eigenvalue weighted by Gasteiger charge is -2.03. The molecule has 0 nitrogen and oxygen atoms in total. The zero-order valence-electron chi connectivity index (χ0n) is 6.70. The molecule has 0 heterocycles. The van der Waals surface area contributed by atoms with Crippen molar-refractivity contribution in [3.8, 4) is 0 Å². The van der Waals surface area contributed by atoms with Gasteiger partial charge in [-0.05, 0) is 31.0 Å². The number of benzene rings is 1. The average molecular weight is 235 g/mol. The molecular formula is C9H9BrF2. The maximum absolute atomic E-state index is 13.0. The van der Waals surface area contributed by atoms with Crippen LogP contribution in [0.4, 0.5) is 8.78 Å². The molecule has 1 aromatic rings. The summed E-state index contributed by atoms with van der Waals surface area (Å²) in [6.45, 7) is 1.67. The van der Waals surface area contributed by atoms with Crippen molar-refractivity contribution in [2.24, 2.45) is 0 Å². The lowest BCUT2D eigenvalue weighted by atomic mass is 10.1. The number of aryl methyl sites for hydroxylation is 1. The van der Waals surface area contributed by atoms with E-state index in [-0.39, 0.29) is 5.56 Å². The first-order valence-electron chi connectivity index (χ1n) is 3.65. The maximum atomic E-state index is 13.0. The molecule has 0 fully saturated rings. The van der Waals surface area contributed by atoms with Crippen LogP contribution in [0.2, 0.25) is 0 Å². The van der Waals surface area contributed by atoms with E-state index in [2.05, 4.69) is 15.9 Å². The molecule has 0 N–H and O–H groups in total. The summed E-state index contributed by atoms with van der Waals surface area (Å²) in [7, 11) is 0. The molecule has 0 radical (unpaired) electrons. The van der Waals surface area contributed by atoms with E-state index in [0.29, 0.717) is 17.3 Å². The molecule has 0 aliphatic heterocycles. The van der Waals surface area contributed by atoms with Gasteiger partial charge >= 0.3 is 0 Å². The molecule has 0 aliphatic rings. The van der Waals surface area contributed by atoms with Gasteiger partial charge in [-0.15, -0.1) is 0 Å². The summed E-state index contributed by atoms with van der Waals surface area (Å²) in [6.07, 6.45) is 0.387. The Morgan fingerprint density at radius 2 is 1.75 bits per heavy atom. The van der Waals surface area contributed by atoms with Gasteiger partial charge in [-0.2, -0.15) is 0 Å². The van der Waals surface area contributed by atoms with Crippen molar-refractivity contribution < 1.29 is 8.78 Å². The van der Waals surface area contributed by atoms with E-state index in [1.807, 2.05) is 0 Å². The summed E-state index contributed by atoms with van der Waals surface area (Å²) in [5.41, 5.74) is 0.779. The Kier molecular flexibility index (Phi) is 3.20. The Morgan fingerprint density at radius 1 is 1.25 bits per heavy atom. The molecule has 0 aromatic heterocycles. The van der Waals surface area contributed by atoms with Crippen LogP contribution in [0.3, 0.4) is 0 Å². The van der Waals surface area contributed by atoms with Crippen LogP contribution < -0.4 is 0 Å². The van der Waals surface area contributed by atoms with Crippen molar-refractivity contribution in [1.82, 2.24) is 0 Å². The van der Waals surface area contributed by atoms with Crippen molar-refractivity contribution in [3.05, 3.63) is 34.9 Å². The summed E-state index contributed by atoms with van der Waals surface area (Å²) >= 11 is 3.14. The third kappa shape index (κ3) is 2.03. The van der Waals surface area contributed by atoms with Crippen LogP contribution in [0.25, 0.3) is 0 Å². The Hall–Kier alpha value is -0.440. The quantitative estimate of drug-likeness (QED) is 0.690. The first kappa shape index (κ1) is 9.65. The monoisotopic (exact) mass is 234 g/mol. The van der Waals surface area contributed by atoms with Gasteiger partial charge in [0, 0.05) is 10.9 Å². The molecule has 0 aliphatic carbocycles. The van der Waals surface area contributed by atoms with Crippen molar-refractivity contribution >= 4 is 15.9 Å². The van der Waals surface area contributed by atoms with Crippen LogP contribution in [0, 0.1) is 18.6 Å². The van der Waals surface area contributed by atoms with E-state index < -0.39 is 11.6 Å². The minimum Gasteiger partial charge on any atom is -0.207 e. The molecule has 1 rings (SSSR count). The van der Waals surface area contributed by atoms with Crippen molar-refractivity contribution in [1.29, 1.82) is 0 Å². The summed E-state index contributed by atoms with van der Waals surface area (Å²) < 4.78 is 26.1. The topological polar surface area (TPSA) is 0 Å². The highest BCUT2D eigenvalue weighted by Crippen LogP contribution is 2.15. The minimum atomic E-state index is -0.452. The van der Waals surface area contributed by atoms with Gasteiger partial charge in [0.2, 0.25) is 0 Å². The Balaban J connectivity index is 3.10. The zero-order valence-corrected chi connectivity index (χ0v) is 8.29. The van der Waals surface area contributed by atoms with E-state index >= 15 is 0 Å². The van der Waals surface area contributed by atoms with E-state index in [9.17, 15) is 8.78 Å². The minimum absolute atomic E-state index is 0.164. The molecule has 0 saturated carbocycles. The highest BCUT2D eigenvalue weighted by Gasteiger charge is 2.08. The first-order valence-corrected chi connectivity index (χ1v) is 4.77. The van der Waals surface area contributed by atoms with Gasteiger partial charge in [-0.3, -0.25) is 0 Å². The molecule has 12 heavy (non-hydrogen) atoms. The second kappa shape index (κ2) is 3.99. The Morgan fingerprint density at radius 3 is 2.17 bits per heavy atom. The number of halogens is 3. The van der Waals surface area contributed by atoms with Crippen molar-refractivity contribution in [2.45, 2.75) is 13.3 Å². The van der Waals surface area contributed by atoms with E-state index in [0.717, 1.165) is 0 Å². The van der Waals surface area contributed by atoms with Crippen LogP contribution in [-0.4, -0.2) is 5.33 Å². The average Bonchev–Trinajstić information content (AvgIpc) is 1.96. The van der Waals surface area contributed by atoms with Gasteiger partial charge in [0.25, 0.3) is 0 Å². The molecule has 0 unspecified atom stereocenters. The van der Waals surface area contributed by atoms with Crippen molar-refractivity contribution in [2.75, 3.05) is 5.33 Å². The fourth-order valence-corrected chi connectivity index (χ4v) is 1.46. The van der Waals surface area contributed by atoms with Crippen LogP contribution >= 0.6 is 15.9 Å². The molecule has 0 atom stereocenters. The standard InChI is InChI=1S/C9H9BrF2/c1-6-4-8(11)7(2-3-10)9(12)5-6/h4-5H,2-3H2,1H3. The predicted molar refractivity (Wildman–Crippen MR) is 48.6 cm³/mol. The smallest absolute Gasteiger partial charge is 0.129 e. The predicted octanol–water partition coefficient (Wildman–Crippen LogP) is 3.21. The van der Waals surface area contributed by atoms with Gasteiger partial charge in [-0.1, -0.05) is 15.9 Å². The highest BCUT2D eigenvalue weighted by atomic mass is 79.9. The fourth-order valence-electron chi connectivity index (χ4n) is 1.06. The second-order valence-corrected chi connectivity index (χ2v) is 3.44. The molecule has 0 bridgehead atoms. The van der Waals surface area contributed by atoms with Crippen LogP contribution in [-0.2, 0) is 6.42 Å². The molecular weight excluding hydrogens is 226 g/mol. The molecule has 1 aromatic carbocycles. The number of hydrogen-bond donors (Lipinski definition) is 0. The van der Waals surface area contributed by atoms with Gasteiger partial charge < -0.3 is 0 Å². The second-order valence-electron chi connectivity index (χ2n) is 2.65. The zero-order chi connectivity index (χ0) is 9.14. The summed E-state index contributed by atoms with van der Waals surface area (Å²) in [5, 5.41) is 0.573. The number of rotatable bonds is 2. The lowest BCUT2D eigenvalue weighted by Crippen LogP contribution is -1.97. The fraction of sp³-hybridized carbons (Fsp3) is 0.333. The maximum Gasteiger partial charge on any atom is 0.129 e. The van der Waals surface area contributed by atoms with Crippen molar-refractivity contribution in [3.63, 3.8) is 0 Å². The molecule has 3 heteroatoms. The third-order valence-corrected chi connectivity index (χ3v) is 2.03. The SMILES string of the molecule is Cc1cc(F)c(CCBr)c(F)c1. The lowest BCUT2D eigenvalue weighted by molar-refractivity contribution is 0.558. The highest BCUT2D eigenvalue weighted by molar-refractivity contribution is 9.09. The van der Waals surface area contributed by atoms with E-state index in [1.165, 1.54) is 12.1 Å².